The molecule has 3 aromatic carbocycles. The van der Waals surface area contributed by atoms with Gasteiger partial charge in [0.05, 0.1) is 14.2 Å². The minimum atomic E-state index is -0.391. The summed E-state index contributed by atoms with van der Waals surface area (Å²) < 4.78 is 5.16. The molecule has 2 atom stereocenters. The van der Waals surface area contributed by atoms with Crippen LogP contribution in [0.2, 0.25) is 0 Å². The first-order valence-electron chi connectivity index (χ1n) is 9.52. The van der Waals surface area contributed by atoms with Gasteiger partial charge < -0.3 is 20.3 Å². The molecule has 3 aromatic rings. The van der Waals surface area contributed by atoms with E-state index in [0.717, 1.165) is 21.4 Å². The second-order valence-corrected chi connectivity index (χ2v) is 7.08. The molecule has 0 aliphatic heterocycles. The maximum Gasteiger partial charge on any atom is 0.282 e. The monoisotopic (exact) mass is 392 g/mol. The number of carbonyl (C=O) groups excluding carboxylic acids is 2. The number of methoxy groups -OCH3 is 1. The Morgan fingerprint density at radius 2 is 1.66 bits per heavy atom. The highest BCUT2D eigenvalue weighted by Crippen LogP contribution is 2.19. The van der Waals surface area contributed by atoms with Crippen LogP contribution in [0.4, 0.5) is 11.4 Å². The van der Waals surface area contributed by atoms with Gasteiger partial charge in [-0.2, -0.15) is 0 Å². The lowest BCUT2D eigenvalue weighted by molar-refractivity contribution is -0.885. The number of quaternary nitrogens is 1. The fourth-order valence-electron chi connectivity index (χ4n) is 3.05. The van der Waals surface area contributed by atoms with E-state index in [9.17, 15) is 9.59 Å². The summed E-state index contributed by atoms with van der Waals surface area (Å²) >= 11 is 0. The highest BCUT2D eigenvalue weighted by Gasteiger charge is 2.24. The van der Waals surface area contributed by atoms with E-state index in [1.54, 1.807) is 19.2 Å². The molecule has 6 nitrogen and oxygen atoms in total. The number of anilines is 2. The molecular formula is C23H26N3O3+. The second-order valence-electron chi connectivity index (χ2n) is 7.08. The van der Waals surface area contributed by atoms with Gasteiger partial charge in [0, 0.05) is 17.4 Å². The Morgan fingerprint density at radius 1 is 0.931 bits per heavy atom. The van der Waals surface area contributed by atoms with Crippen molar-refractivity contribution < 1.29 is 19.2 Å². The third kappa shape index (κ3) is 5.33. The number of nitrogens with one attached hydrogen (secondary N) is 3. The summed E-state index contributed by atoms with van der Waals surface area (Å²) in [7, 11) is 3.41. The Bertz CT molecular complexity index is 1020. The number of ether oxygens (including phenoxy) is 1. The highest BCUT2D eigenvalue weighted by atomic mass is 16.5. The quantitative estimate of drug-likeness (QED) is 0.578. The van der Waals surface area contributed by atoms with E-state index in [0.29, 0.717) is 11.4 Å². The first-order chi connectivity index (χ1) is 14.0. The van der Waals surface area contributed by atoms with Gasteiger partial charge in [-0.1, -0.05) is 36.4 Å². The van der Waals surface area contributed by atoms with Gasteiger partial charge in [-0.05, 0) is 42.0 Å². The summed E-state index contributed by atoms with van der Waals surface area (Å²) in [6.45, 7) is 1.98. The first kappa shape index (κ1) is 20.4. The van der Waals surface area contributed by atoms with Crippen molar-refractivity contribution >= 4 is 34.0 Å². The molecule has 150 valence electrons. The van der Waals surface area contributed by atoms with E-state index in [2.05, 4.69) is 10.6 Å². The van der Waals surface area contributed by atoms with E-state index >= 15 is 0 Å². The Labute approximate surface area is 170 Å². The van der Waals surface area contributed by atoms with Gasteiger partial charge in [-0.25, -0.2) is 0 Å². The molecule has 0 saturated heterocycles. The van der Waals surface area contributed by atoms with Crippen molar-refractivity contribution in [2.24, 2.45) is 0 Å². The lowest BCUT2D eigenvalue weighted by Gasteiger charge is -2.20. The van der Waals surface area contributed by atoms with Gasteiger partial charge in [-0.3, -0.25) is 9.59 Å². The van der Waals surface area contributed by atoms with Gasteiger partial charge in [0.1, 0.15) is 5.75 Å². The van der Waals surface area contributed by atoms with Crippen molar-refractivity contribution in [3.8, 4) is 5.75 Å². The van der Waals surface area contributed by atoms with Crippen LogP contribution in [0.15, 0.2) is 66.7 Å². The molecule has 0 aromatic heterocycles. The summed E-state index contributed by atoms with van der Waals surface area (Å²) in [5, 5.41) is 7.97. The number of rotatable bonds is 7. The highest BCUT2D eigenvalue weighted by molar-refractivity contribution is 5.97. The standard InChI is InChI=1S/C23H25N3O3/c1-16(23(28)25-20-12-11-17-7-4-5-8-18(17)13-20)26(2)15-22(27)24-19-9-6-10-21(14-19)29-3/h4-14,16H,15H2,1-3H3,(H,24,27)(H,25,28)/p+1/t16-/m1/s1. The average Bonchev–Trinajstić information content (AvgIpc) is 2.73. The number of benzene rings is 3. The molecule has 0 aliphatic carbocycles. The molecule has 3 N–H and O–H groups in total. The summed E-state index contributed by atoms with van der Waals surface area (Å²) in [5.41, 5.74) is 1.41. The van der Waals surface area contributed by atoms with Gasteiger partial charge in [0.15, 0.2) is 12.6 Å². The van der Waals surface area contributed by atoms with Crippen LogP contribution in [0.1, 0.15) is 6.92 Å². The molecular weight excluding hydrogens is 366 g/mol. The summed E-state index contributed by atoms with van der Waals surface area (Å²) in [6, 6.07) is 20.6. The summed E-state index contributed by atoms with van der Waals surface area (Å²) in [5.74, 6) is 0.375. The van der Waals surface area contributed by atoms with E-state index in [1.807, 2.05) is 68.6 Å². The van der Waals surface area contributed by atoms with Crippen molar-refractivity contribution in [3.05, 3.63) is 66.7 Å². The Balaban J connectivity index is 1.57. The normalized spacial score (nSPS) is 12.8. The summed E-state index contributed by atoms with van der Waals surface area (Å²) in [4.78, 5) is 25.8. The maximum atomic E-state index is 12.6. The van der Waals surface area contributed by atoms with Crippen LogP contribution in [0.25, 0.3) is 10.8 Å². The fraction of sp³-hybridized carbons (Fsp3) is 0.217. The van der Waals surface area contributed by atoms with Crippen molar-refractivity contribution in [1.82, 2.24) is 0 Å². The molecule has 1 unspecified atom stereocenters. The average molecular weight is 392 g/mol. The number of hydrogen-bond acceptors (Lipinski definition) is 3. The molecule has 29 heavy (non-hydrogen) atoms. The Hall–Kier alpha value is -3.38. The zero-order valence-electron chi connectivity index (χ0n) is 16.9. The predicted molar refractivity (Wildman–Crippen MR) is 115 cm³/mol. The van der Waals surface area contributed by atoms with Crippen molar-refractivity contribution in [1.29, 1.82) is 0 Å². The Kier molecular flexibility index (Phi) is 6.46. The lowest BCUT2D eigenvalue weighted by atomic mass is 10.1. The predicted octanol–water partition coefficient (Wildman–Crippen LogP) is 2.33. The number of amides is 2. The molecule has 6 heteroatoms. The van der Waals surface area contributed by atoms with Crippen molar-refractivity contribution in [2.45, 2.75) is 13.0 Å². The van der Waals surface area contributed by atoms with E-state index in [1.165, 1.54) is 0 Å². The lowest BCUT2D eigenvalue weighted by Crippen LogP contribution is -3.14. The minimum absolute atomic E-state index is 0.132. The maximum absolute atomic E-state index is 12.6. The third-order valence-electron chi connectivity index (χ3n) is 4.94. The van der Waals surface area contributed by atoms with Crippen molar-refractivity contribution in [3.63, 3.8) is 0 Å². The van der Waals surface area contributed by atoms with Crippen LogP contribution in [0, 0.1) is 0 Å². The van der Waals surface area contributed by atoms with Crippen LogP contribution < -0.4 is 20.3 Å². The summed E-state index contributed by atoms with van der Waals surface area (Å²) in [6.07, 6.45) is 0. The first-order valence-corrected chi connectivity index (χ1v) is 9.52. The zero-order valence-corrected chi connectivity index (χ0v) is 16.9. The molecule has 3 rings (SSSR count). The molecule has 0 saturated carbocycles. The number of hydrogen-bond donors (Lipinski definition) is 3. The van der Waals surface area contributed by atoms with Crippen LogP contribution in [0.3, 0.4) is 0 Å². The van der Waals surface area contributed by atoms with Crippen LogP contribution in [-0.2, 0) is 9.59 Å². The van der Waals surface area contributed by atoms with E-state index in [4.69, 9.17) is 4.74 Å². The molecule has 0 heterocycles. The van der Waals surface area contributed by atoms with Crippen LogP contribution in [0.5, 0.6) is 5.75 Å². The van der Waals surface area contributed by atoms with E-state index < -0.39 is 6.04 Å². The van der Waals surface area contributed by atoms with Gasteiger partial charge in [0.2, 0.25) is 0 Å². The molecule has 0 radical (unpaired) electrons. The molecule has 0 fully saturated rings. The second kappa shape index (κ2) is 9.21. The van der Waals surface area contributed by atoms with Gasteiger partial charge in [0.25, 0.3) is 11.8 Å². The van der Waals surface area contributed by atoms with Crippen molar-refractivity contribution in [2.75, 3.05) is 31.3 Å². The van der Waals surface area contributed by atoms with Gasteiger partial charge >= 0.3 is 0 Å². The number of carbonyl (C=O) groups is 2. The SMILES string of the molecule is COc1cccc(NC(=O)C[NH+](C)[C@H](C)C(=O)Nc2ccc3ccccc3c2)c1. The van der Waals surface area contributed by atoms with Crippen LogP contribution in [-0.4, -0.2) is 38.6 Å². The molecule has 0 spiro atoms. The number of fused-ring (bicyclic) bond motifs is 1. The largest absolute Gasteiger partial charge is 0.497 e. The molecule has 0 bridgehead atoms. The third-order valence-corrected chi connectivity index (χ3v) is 4.94. The number of likely N-dealkylation sites (N-methyl/N-ethyl adjacent to an activating group) is 1. The topological polar surface area (TPSA) is 71.9 Å². The van der Waals surface area contributed by atoms with Crippen LogP contribution >= 0.6 is 0 Å². The fourth-order valence-corrected chi connectivity index (χ4v) is 3.05. The molecule has 0 aliphatic rings. The Morgan fingerprint density at radius 3 is 2.41 bits per heavy atom. The molecule has 2 amide bonds. The minimum Gasteiger partial charge on any atom is -0.497 e. The van der Waals surface area contributed by atoms with Gasteiger partial charge in [-0.15, -0.1) is 0 Å². The van der Waals surface area contributed by atoms with E-state index in [-0.39, 0.29) is 18.4 Å². The smallest absolute Gasteiger partial charge is 0.282 e. The zero-order chi connectivity index (χ0) is 20.8.